The van der Waals surface area contributed by atoms with E-state index in [0.29, 0.717) is 0 Å². The summed E-state index contributed by atoms with van der Waals surface area (Å²) in [6, 6.07) is 18.3. The molecule has 0 spiro atoms. The van der Waals surface area contributed by atoms with Crippen LogP contribution >= 0.6 is 11.8 Å². The van der Waals surface area contributed by atoms with Crippen LogP contribution in [-0.2, 0) is 5.75 Å². The number of hydrogen-bond acceptors (Lipinski definition) is 3. The minimum atomic E-state index is 0.762. The maximum Gasteiger partial charge on any atom is 0.173 e. The first-order valence-corrected chi connectivity index (χ1v) is 8.04. The molecule has 22 heavy (non-hydrogen) atoms. The molecule has 0 aliphatic carbocycles. The van der Waals surface area contributed by atoms with E-state index >= 15 is 0 Å². The van der Waals surface area contributed by atoms with Crippen LogP contribution in [0, 0.1) is 0 Å². The van der Waals surface area contributed by atoms with E-state index in [1.165, 1.54) is 0 Å². The smallest absolute Gasteiger partial charge is 0.173 e. The molecular formula is C17H14N4S. The van der Waals surface area contributed by atoms with E-state index in [9.17, 15) is 0 Å². The predicted molar refractivity (Wildman–Crippen MR) is 89.2 cm³/mol. The molecule has 108 valence electrons. The molecule has 0 saturated heterocycles. The SMILES string of the molecule is c1ccc(-n2ccnc2SCc2nc3ccccc3[nH]2)cc1. The van der Waals surface area contributed by atoms with Crippen LogP contribution in [-0.4, -0.2) is 19.5 Å². The zero-order chi connectivity index (χ0) is 14.8. The number of imidazole rings is 2. The molecule has 0 fully saturated rings. The Morgan fingerprint density at radius 1 is 1.00 bits per heavy atom. The molecule has 0 saturated carbocycles. The van der Waals surface area contributed by atoms with Crippen LogP contribution in [0.25, 0.3) is 16.7 Å². The first-order valence-electron chi connectivity index (χ1n) is 7.05. The van der Waals surface area contributed by atoms with Gasteiger partial charge in [0.25, 0.3) is 0 Å². The molecule has 4 aromatic rings. The second kappa shape index (κ2) is 5.69. The minimum Gasteiger partial charge on any atom is -0.341 e. The van der Waals surface area contributed by atoms with E-state index in [2.05, 4.69) is 31.7 Å². The van der Waals surface area contributed by atoms with E-state index in [-0.39, 0.29) is 0 Å². The van der Waals surface area contributed by atoms with E-state index in [1.54, 1.807) is 11.8 Å². The van der Waals surface area contributed by atoms with Crippen LogP contribution in [0.3, 0.4) is 0 Å². The van der Waals surface area contributed by atoms with Gasteiger partial charge in [0, 0.05) is 18.1 Å². The number of benzene rings is 2. The Morgan fingerprint density at radius 2 is 1.82 bits per heavy atom. The Balaban J connectivity index is 1.56. The number of aromatic amines is 1. The summed E-state index contributed by atoms with van der Waals surface area (Å²) in [6.07, 6.45) is 3.81. The monoisotopic (exact) mass is 306 g/mol. The van der Waals surface area contributed by atoms with E-state index in [1.807, 2.05) is 54.9 Å². The van der Waals surface area contributed by atoms with Crippen molar-refractivity contribution in [1.82, 2.24) is 19.5 Å². The van der Waals surface area contributed by atoms with Crippen molar-refractivity contribution in [3.05, 3.63) is 72.8 Å². The summed E-state index contributed by atoms with van der Waals surface area (Å²) in [4.78, 5) is 12.4. The first kappa shape index (κ1) is 13.2. The van der Waals surface area contributed by atoms with Crippen LogP contribution in [0.5, 0.6) is 0 Å². The average Bonchev–Trinajstić information content (AvgIpc) is 3.20. The molecule has 5 heteroatoms. The lowest BCUT2D eigenvalue weighted by Gasteiger charge is -2.06. The van der Waals surface area contributed by atoms with E-state index in [0.717, 1.165) is 33.5 Å². The highest BCUT2D eigenvalue weighted by Gasteiger charge is 2.08. The number of aromatic nitrogens is 4. The zero-order valence-electron chi connectivity index (χ0n) is 11.8. The van der Waals surface area contributed by atoms with Crippen molar-refractivity contribution in [2.45, 2.75) is 10.9 Å². The number of para-hydroxylation sites is 3. The Labute approximate surface area is 132 Å². The number of hydrogen-bond donors (Lipinski definition) is 1. The third kappa shape index (κ3) is 2.51. The van der Waals surface area contributed by atoms with Crippen molar-refractivity contribution in [3.63, 3.8) is 0 Å². The summed E-state index contributed by atoms with van der Waals surface area (Å²) in [5.74, 6) is 1.73. The summed E-state index contributed by atoms with van der Waals surface area (Å²) in [7, 11) is 0. The summed E-state index contributed by atoms with van der Waals surface area (Å²) in [5, 5.41) is 0.964. The molecule has 4 nitrogen and oxygen atoms in total. The van der Waals surface area contributed by atoms with Gasteiger partial charge in [-0.2, -0.15) is 0 Å². The zero-order valence-corrected chi connectivity index (χ0v) is 12.6. The fraction of sp³-hybridized carbons (Fsp3) is 0.0588. The van der Waals surface area contributed by atoms with Crippen molar-refractivity contribution in [2.24, 2.45) is 0 Å². The fourth-order valence-corrected chi connectivity index (χ4v) is 3.23. The normalized spacial score (nSPS) is 11.1. The maximum absolute atomic E-state index is 4.60. The second-order valence-electron chi connectivity index (χ2n) is 4.90. The van der Waals surface area contributed by atoms with Gasteiger partial charge < -0.3 is 4.98 Å². The molecule has 0 atom stereocenters. The average molecular weight is 306 g/mol. The largest absolute Gasteiger partial charge is 0.341 e. The Morgan fingerprint density at radius 3 is 2.68 bits per heavy atom. The van der Waals surface area contributed by atoms with E-state index < -0.39 is 0 Å². The van der Waals surface area contributed by atoms with Crippen molar-refractivity contribution >= 4 is 22.8 Å². The van der Waals surface area contributed by atoms with Gasteiger partial charge in [-0.25, -0.2) is 9.97 Å². The van der Waals surface area contributed by atoms with Crippen molar-refractivity contribution < 1.29 is 0 Å². The van der Waals surface area contributed by atoms with Gasteiger partial charge in [-0.15, -0.1) is 0 Å². The molecule has 1 N–H and O–H groups in total. The topological polar surface area (TPSA) is 46.5 Å². The standard InChI is InChI=1S/C17H14N4S/c1-2-6-13(7-3-1)21-11-10-18-17(21)22-12-16-19-14-8-4-5-9-15(14)20-16/h1-11H,12H2,(H,19,20). The summed E-state index contributed by atoms with van der Waals surface area (Å²) in [5.41, 5.74) is 3.20. The van der Waals surface area contributed by atoms with Crippen molar-refractivity contribution in [3.8, 4) is 5.69 Å². The summed E-state index contributed by atoms with van der Waals surface area (Å²) in [6.45, 7) is 0. The molecule has 0 amide bonds. The van der Waals surface area contributed by atoms with Gasteiger partial charge in [0.15, 0.2) is 5.16 Å². The van der Waals surface area contributed by atoms with Gasteiger partial charge in [0.05, 0.1) is 16.8 Å². The second-order valence-corrected chi connectivity index (χ2v) is 5.85. The van der Waals surface area contributed by atoms with Gasteiger partial charge in [0.1, 0.15) is 5.82 Å². The van der Waals surface area contributed by atoms with Gasteiger partial charge in [-0.1, -0.05) is 42.1 Å². The van der Waals surface area contributed by atoms with Crippen LogP contribution in [0.2, 0.25) is 0 Å². The summed E-state index contributed by atoms with van der Waals surface area (Å²) >= 11 is 1.67. The van der Waals surface area contributed by atoms with Gasteiger partial charge in [-0.3, -0.25) is 4.57 Å². The molecule has 0 aliphatic rings. The molecule has 0 bridgehead atoms. The summed E-state index contributed by atoms with van der Waals surface area (Å²) < 4.78 is 2.09. The van der Waals surface area contributed by atoms with Crippen molar-refractivity contribution in [1.29, 1.82) is 0 Å². The first-order chi connectivity index (χ1) is 10.9. The molecule has 4 rings (SSSR count). The number of fused-ring (bicyclic) bond motifs is 1. The van der Waals surface area contributed by atoms with Crippen LogP contribution < -0.4 is 0 Å². The number of nitrogens with one attached hydrogen (secondary N) is 1. The Kier molecular flexibility index (Phi) is 3.40. The molecule has 2 aromatic heterocycles. The van der Waals surface area contributed by atoms with Crippen LogP contribution in [0.15, 0.2) is 72.1 Å². The highest BCUT2D eigenvalue weighted by molar-refractivity contribution is 7.98. The molecule has 2 aromatic carbocycles. The highest BCUT2D eigenvalue weighted by atomic mass is 32.2. The number of nitrogens with zero attached hydrogens (tertiary/aromatic N) is 3. The quantitative estimate of drug-likeness (QED) is 0.579. The third-order valence-corrected chi connectivity index (χ3v) is 4.40. The lowest BCUT2D eigenvalue weighted by atomic mass is 10.3. The van der Waals surface area contributed by atoms with E-state index in [4.69, 9.17) is 0 Å². The number of rotatable bonds is 4. The lowest BCUT2D eigenvalue weighted by Crippen LogP contribution is -1.95. The molecule has 2 heterocycles. The molecular weight excluding hydrogens is 292 g/mol. The van der Waals surface area contributed by atoms with Gasteiger partial charge in [0.2, 0.25) is 0 Å². The third-order valence-electron chi connectivity index (χ3n) is 3.42. The van der Waals surface area contributed by atoms with Crippen LogP contribution in [0.1, 0.15) is 5.82 Å². The Bertz CT molecular complexity index is 862. The number of thioether (sulfide) groups is 1. The molecule has 0 radical (unpaired) electrons. The highest BCUT2D eigenvalue weighted by Crippen LogP contribution is 2.24. The number of H-pyrrole nitrogens is 1. The van der Waals surface area contributed by atoms with Gasteiger partial charge in [-0.05, 0) is 24.3 Å². The molecule has 0 aliphatic heterocycles. The predicted octanol–water partition coefficient (Wildman–Crippen LogP) is 4.04. The minimum absolute atomic E-state index is 0.762. The lowest BCUT2D eigenvalue weighted by molar-refractivity contribution is 0.893. The fourth-order valence-electron chi connectivity index (χ4n) is 2.39. The maximum atomic E-state index is 4.60. The van der Waals surface area contributed by atoms with Gasteiger partial charge >= 0.3 is 0 Å². The Hall–Kier alpha value is -2.53. The van der Waals surface area contributed by atoms with Crippen LogP contribution in [0.4, 0.5) is 0 Å². The molecule has 0 unspecified atom stereocenters. The van der Waals surface area contributed by atoms with Crippen molar-refractivity contribution in [2.75, 3.05) is 0 Å².